The van der Waals surface area contributed by atoms with Crippen LogP contribution in [0.2, 0.25) is 0 Å². The number of hydrogen-bond acceptors (Lipinski definition) is 4. The Morgan fingerprint density at radius 3 is 2.76 bits per heavy atom. The van der Waals surface area contributed by atoms with Gasteiger partial charge in [-0.2, -0.15) is 0 Å². The molecule has 0 atom stereocenters. The normalized spacial score (nSPS) is 9.90. The monoisotopic (exact) mass is 355 g/mol. The van der Waals surface area contributed by atoms with Gasteiger partial charge in [0.05, 0.1) is 17.7 Å². The maximum atomic E-state index is 5.67. The highest BCUT2D eigenvalue weighted by molar-refractivity contribution is 9.10. The fourth-order valence-electron chi connectivity index (χ4n) is 1.71. The summed E-state index contributed by atoms with van der Waals surface area (Å²) in [5.41, 5.74) is 1.12. The Labute approximate surface area is 135 Å². The molecular weight excluding hydrogens is 334 g/mol. The first-order valence-electron chi connectivity index (χ1n) is 6.90. The summed E-state index contributed by atoms with van der Waals surface area (Å²) in [6.07, 6.45) is 0. The van der Waals surface area contributed by atoms with Crippen LogP contribution in [-0.2, 0) is 11.3 Å². The molecule has 0 aliphatic carbocycles. The van der Waals surface area contributed by atoms with Crippen LogP contribution in [0, 0.1) is 11.8 Å². The molecule has 0 aromatic heterocycles. The van der Waals surface area contributed by atoms with E-state index >= 15 is 0 Å². The quantitative estimate of drug-likeness (QED) is 0.546. The highest BCUT2D eigenvalue weighted by Gasteiger charge is 2.12. The van der Waals surface area contributed by atoms with Gasteiger partial charge >= 0.3 is 0 Å². The molecule has 0 heterocycles. The lowest BCUT2D eigenvalue weighted by atomic mass is 10.2. The van der Waals surface area contributed by atoms with Crippen LogP contribution in [0.5, 0.6) is 11.5 Å². The molecule has 0 bridgehead atoms. The van der Waals surface area contributed by atoms with Crippen molar-refractivity contribution in [1.82, 2.24) is 5.32 Å². The Hall–Kier alpha value is -1.22. The van der Waals surface area contributed by atoms with Gasteiger partial charge < -0.3 is 19.5 Å². The van der Waals surface area contributed by atoms with Crippen LogP contribution in [0.25, 0.3) is 0 Å². The molecule has 1 aromatic rings. The topological polar surface area (TPSA) is 39.7 Å². The van der Waals surface area contributed by atoms with Crippen molar-refractivity contribution in [2.24, 2.45) is 0 Å². The number of rotatable bonds is 9. The summed E-state index contributed by atoms with van der Waals surface area (Å²) < 4.78 is 17.2. The summed E-state index contributed by atoms with van der Waals surface area (Å²) in [5, 5.41) is 3.31. The predicted octanol–water partition coefficient (Wildman–Crippen LogP) is 2.99. The smallest absolute Gasteiger partial charge is 0.176 e. The molecular formula is C16H22BrNO3. The lowest BCUT2D eigenvalue weighted by molar-refractivity contribution is 0.199. The van der Waals surface area contributed by atoms with Crippen LogP contribution in [0.1, 0.15) is 19.4 Å². The number of nitrogens with one attached hydrogen (secondary N) is 1. The van der Waals surface area contributed by atoms with Gasteiger partial charge in [-0.1, -0.05) is 5.92 Å². The average Bonchev–Trinajstić information content (AvgIpc) is 2.47. The Morgan fingerprint density at radius 1 is 1.29 bits per heavy atom. The van der Waals surface area contributed by atoms with E-state index in [-0.39, 0.29) is 0 Å². The predicted molar refractivity (Wildman–Crippen MR) is 87.8 cm³/mol. The van der Waals surface area contributed by atoms with Crippen molar-refractivity contribution >= 4 is 15.9 Å². The van der Waals surface area contributed by atoms with Gasteiger partial charge in [0.1, 0.15) is 6.61 Å². The average molecular weight is 356 g/mol. The molecule has 0 saturated carbocycles. The zero-order valence-corrected chi connectivity index (χ0v) is 14.4. The Balaban J connectivity index is 2.80. The summed E-state index contributed by atoms with van der Waals surface area (Å²) in [4.78, 5) is 0. The van der Waals surface area contributed by atoms with Gasteiger partial charge in [0.2, 0.25) is 0 Å². The van der Waals surface area contributed by atoms with E-state index in [1.165, 1.54) is 0 Å². The van der Waals surface area contributed by atoms with Gasteiger partial charge in [-0.25, -0.2) is 0 Å². The molecule has 0 spiro atoms. The molecule has 0 radical (unpaired) electrons. The molecule has 1 rings (SSSR count). The minimum absolute atomic E-state index is 0.348. The molecule has 5 heteroatoms. The Bertz CT molecular complexity index is 494. The van der Waals surface area contributed by atoms with Crippen LogP contribution in [0.15, 0.2) is 16.6 Å². The third-order valence-electron chi connectivity index (χ3n) is 2.65. The van der Waals surface area contributed by atoms with Crippen molar-refractivity contribution in [3.63, 3.8) is 0 Å². The van der Waals surface area contributed by atoms with Crippen LogP contribution in [0.3, 0.4) is 0 Å². The first-order valence-corrected chi connectivity index (χ1v) is 7.69. The van der Waals surface area contributed by atoms with E-state index in [4.69, 9.17) is 14.2 Å². The van der Waals surface area contributed by atoms with Crippen LogP contribution >= 0.6 is 15.9 Å². The fourth-order valence-corrected chi connectivity index (χ4v) is 2.32. The third-order valence-corrected chi connectivity index (χ3v) is 3.24. The van der Waals surface area contributed by atoms with Gasteiger partial charge in [-0.3, -0.25) is 0 Å². The van der Waals surface area contributed by atoms with Crippen molar-refractivity contribution in [2.75, 3.05) is 33.5 Å². The molecule has 0 amide bonds. The van der Waals surface area contributed by atoms with Crippen LogP contribution in [0.4, 0.5) is 0 Å². The van der Waals surface area contributed by atoms with E-state index in [9.17, 15) is 0 Å². The fraction of sp³-hybridized carbons (Fsp3) is 0.500. The maximum absolute atomic E-state index is 5.67. The van der Waals surface area contributed by atoms with E-state index < -0.39 is 0 Å². The molecule has 0 aliphatic heterocycles. The van der Waals surface area contributed by atoms with Crippen molar-refractivity contribution < 1.29 is 14.2 Å². The Morgan fingerprint density at radius 2 is 2.10 bits per heavy atom. The molecule has 0 unspecified atom stereocenters. The number of halogens is 1. The van der Waals surface area contributed by atoms with Crippen molar-refractivity contribution in [3.05, 3.63) is 22.2 Å². The highest BCUT2D eigenvalue weighted by atomic mass is 79.9. The van der Waals surface area contributed by atoms with Crippen LogP contribution < -0.4 is 14.8 Å². The summed E-state index contributed by atoms with van der Waals surface area (Å²) >= 11 is 3.54. The molecule has 1 N–H and O–H groups in total. The van der Waals surface area contributed by atoms with Crippen LogP contribution in [-0.4, -0.2) is 33.5 Å². The van der Waals surface area contributed by atoms with E-state index in [0.29, 0.717) is 25.6 Å². The minimum Gasteiger partial charge on any atom is -0.490 e. The van der Waals surface area contributed by atoms with E-state index in [0.717, 1.165) is 28.9 Å². The molecule has 4 nitrogen and oxygen atoms in total. The minimum atomic E-state index is 0.348. The van der Waals surface area contributed by atoms with Crippen molar-refractivity contribution in [3.8, 4) is 23.3 Å². The Kier molecular flexibility index (Phi) is 8.91. The molecule has 116 valence electrons. The first kappa shape index (κ1) is 17.8. The van der Waals surface area contributed by atoms with E-state index in [1.54, 1.807) is 14.0 Å². The van der Waals surface area contributed by atoms with Crippen molar-refractivity contribution in [2.45, 2.75) is 20.4 Å². The molecule has 1 aromatic carbocycles. The van der Waals surface area contributed by atoms with Gasteiger partial charge in [0.15, 0.2) is 11.5 Å². The van der Waals surface area contributed by atoms with Gasteiger partial charge in [-0.05, 0) is 47.5 Å². The second kappa shape index (κ2) is 10.5. The highest BCUT2D eigenvalue weighted by Crippen LogP contribution is 2.36. The standard InChI is InChI=1S/C16H22BrNO3/c1-4-6-8-21-16-14(17)10-13(11-15(16)20-5-2)12-18-7-9-19-3/h10-11,18H,5,7-9,12H2,1-3H3. The first-order chi connectivity index (χ1) is 10.2. The summed E-state index contributed by atoms with van der Waals surface area (Å²) in [6, 6.07) is 4.01. The molecule has 0 fully saturated rings. The summed E-state index contributed by atoms with van der Waals surface area (Å²) in [5.74, 6) is 7.11. The SMILES string of the molecule is CC#CCOc1c(Br)cc(CNCCOC)cc1OCC. The number of hydrogen-bond donors (Lipinski definition) is 1. The largest absolute Gasteiger partial charge is 0.490 e. The zero-order chi connectivity index (χ0) is 15.5. The summed E-state index contributed by atoms with van der Waals surface area (Å²) in [6.45, 7) is 6.92. The maximum Gasteiger partial charge on any atom is 0.176 e. The van der Waals surface area contributed by atoms with Crippen molar-refractivity contribution in [1.29, 1.82) is 0 Å². The second-order valence-electron chi connectivity index (χ2n) is 4.22. The summed E-state index contributed by atoms with van der Waals surface area (Å²) in [7, 11) is 1.69. The number of benzene rings is 1. The number of methoxy groups -OCH3 is 1. The van der Waals surface area contributed by atoms with E-state index in [2.05, 4.69) is 33.1 Å². The lowest BCUT2D eigenvalue weighted by Gasteiger charge is -2.14. The van der Waals surface area contributed by atoms with Gasteiger partial charge in [0, 0.05) is 20.2 Å². The molecule has 21 heavy (non-hydrogen) atoms. The molecule has 0 aliphatic rings. The zero-order valence-electron chi connectivity index (χ0n) is 12.8. The second-order valence-corrected chi connectivity index (χ2v) is 5.08. The van der Waals surface area contributed by atoms with Gasteiger partial charge in [0.25, 0.3) is 0 Å². The molecule has 0 saturated heterocycles. The lowest BCUT2D eigenvalue weighted by Crippen LogP contribution is -2.18. The third kappa shape index (κ3) is 6.38. The van der Waals surface area contributed by atoms with E-state index in [1.807, 2.05) is 19.1 Å². The number of ether oxygens (including phenoxy) is 3. The van der Waals surface area contributed by atoms with Gasteiger partial charge in [-0.15, -0.1) is 5.92 Å².